The molecule has 0 bridgehead atoms. The molecule has 0 aliphatic carbocycles. The lowest BCUT2D eigenvalue weighted by Crippen LogP contribution is -2.05. The molecule has 24 heavy (non-hydrogen) atoms. The third-order valence-corrected chi connectivity index (χ3v) is 3.91. The number of nitrogens with zero attached hydrogens (tertiary/aromatic N) is 1. The third kappa shape index (κ3) is 3.19. The molecule has 0 atom stereocenters. The Morgan fingerprint density at radius 2 is 1.92 bits per heavy atom. The number of halogens is 1. The van der Waals surface area contributed by atoms with E-state index in [0.29, 0.717) is 17.1 Å². The molecule has 1 aliphatic rings. The highest BCUT2D eigenvalue weighted by atomic mass is 79.9. The number of cyclic esters (lactones) is 1. The summed E-state index contributed by atoms with van der Waals surface area (Å²) in [6, 6.07) is 12.8. The fourth-order valence-electron chi connectivity index (χ4n) is 2.33. The van der Waals surface area contributed by atoms with Crippen molar-refractivity contribution in [3.8, 4) is 11.5 Å². The van der Waals surface area contributed by atoms with Gasteiger partial charge in [-0.1, -0.05) is 34.1 Å². The summed E-state index contributed by atoms with van der Waals surface area (Å²) >= 11 is 3.39. The molecule has 2 aromatic carbocycles. The first kappa shape index (κ1) is 16.3. The zero-order valence-corrected chi connectivity index (χ0v) is 14.7. The van der Waals surface area contributed by atoms with Crippen molar-refractivity contribution < 1.29 is 19.0 Å². The van der Waals surface area contributed by atoms with Crippen LogP contribution in [0, 0.1) is 0 Å². The largest absolute Gasteiger partial charge is 0.493 e. The first-order chi connectivity index (χ1) is 11.6. The van der Waals surface area contributed by atoms with Crippen LogP contribution in [0.25, 0.3) is 6.08 Å². The van der Waals surface area contributed by atoms with E-state index in [0.717, 1.165) is 10.0 Å². The molecule has 0 saturated heterocycles. The molecule has 0 radical (unpaired) electrons. The van der Waals surface area contributed by atoms with E-state index in [-0.39, 0.29) is 11.6 Å². The minimum Gasteiger partial charge on any atom is -0.493 e. The SMILES string of the molecule is COc1cccc(/C=C2\N=C(c3cccc(Br)c3)OC2=O)c1OC. The van der Waals surface area contributed by atoms with E-state index in [1.54, 1.807) is 26.4 Å². The summed E-state index contributed by atoms with van der Waals surface area (Å²) in [6.07, 6.45) is 1.62. The molecule has 3 rings (SSSR count). The Balaban J connectivity index is 2.01. The number of carbonyl (C=O) groups excluding carboxylic acids is 1. The van der Waals surface area contributed by atoms with Crippen LogP contribution in [0.1, 0.15) is 11.1 Å². The van der Waals surface area contributed by atoms with Crippen molar-refractivity contribution in [3.05, 3.63) is 63.8 Å². The zero-order valence-electron chi connectivity index (χ0n) is 13.1. The summed E-state index contributed by atoms with van der Waals surface area (Å²) in [6.45, 7) is 0. The molecule has 5 nitrogen and oxygen atoms in total. The summed E-state index contributed by atoms with van der Waals surface area (Å²) < 4.78 is 16.8. The molecule has 0 unspecified atom stereocenters. The molecular formula is C18H14BrNO4. The minimum atomic E-state index is -0.505. The summed E-state index contributed by atoms with van der Waals surface area (Å²) in [4.78, 5) is 16.4. The number of esters is 1. The van der Waals surface area contributed by atoms with Crippen LogP contribution < -0.4 is 9.47 Å². The van der Waals surface area contributed by atoms with Gasteiger partial charge in [-0.05, 0) is 30.3 Å². The predicted molar refractivity (Wildman–Crippen MR) is 94.3 cm³/mol. The zero-order chi connectivity index (χ0) is 17.1. The summed E-state index contributed by atoms with van der Waals surface area (Å²) in [5.41, 5.74) is 1.61. The maximum Gasteiger partial charge on any atom is 0.363 e. The van der Waals surface area contributed by atoms with Gasteiger partial charge in [0, 0.05) is 15.6 Å². The second-order valence-corrected chi connectivity index (χ2v) is 5.84. The van der Waals surface area contributed by atoms with Gasteiger partial charge in [-0.15, -0.1) is 0 Å². The molecule has 6 heteroatoms. The van der Waals surface area contributed by atoms with E-state index >= 15 is 0 Å². The average Bonchev–Trinajstić information content (AvgIpc) is 2.95. The second kappa shape index (κ2) is 6.88. The van der Waals surface area contributed by atoms with Gasteiger partial charge in [0.15, 0.2) is 17.2 Å². The maximum atomic E-state index is 12.1. The fourth-order valence-corrected chi connectivity index (χ4v) is 2.73. The van der Waals surface area contributed by atoms with E-state index in [1.165, 1.54) is 0 Å². The van der Waals surface area contributed by atoms with Crippen LogP contribution in [0.4, 0.5) is 0 Å². The lowest BCUT2D eigenvalue weighted by Gasteiger charge is -2.09. The molecule has 122 valence electrons. The third-order valence-electron chi connectivity index (χ3n) is 3.42. The monoisotopic (exact) mass is 387 g/mol. The van der Waals surface area contributed by atoms with Crippen molar-refractivity contribution in [2.45, 2.75) is 0 Å². The van der Waals surface area contributed by atoms with Gasteiger partial charge in [0.1, 0.15) is 0 Å². The van der Waals surface area contributed by atoms with Gasteiger partial charge >= 0.3 is 5.97 Å². The van der Waals surface area contributed by atoms with E-state index in [1.807, 2.05) is 36.4 Å². The van der Waals surface area contributed by atoms with E-state index in [9.17, 15) is 4.79 Å². The van der Waals surface area contributed by atoms with Crippen LogP contribution in [0.5, 0.6) is 11.5 Å². The van der Waals surface area contributed by atoms with Crippen LogP contribution in [0.15, 0.2) is 57.6 Å². The van der Waals surface area contributed by atoms with Crippen LogP contribution in [0.3, 0.4) is 0 Å². The highest BCUT2D eigenvalue weighted by Gasteiger charge is 2.25. The number of hydrogen-bond donors (Lipinski definition) is 0. The fraction of sp³-hybridized carbons (Fsp3) is 0.111. The van der Waals surface area contributed by atoms with Crippen molar-refractivity contribution in [1.29, 1.82) is 0 Å². The van der Waals surface area contributed by atoms with Gasteiger partial charge in [0.05, 0.1) is 14.2 Å². The van der Waals surface area contributed by atoms with Crippen LogP contribution in [0.2, 0.25) is 0 Å². The maximum absolute atomic E-state index is 12.1. The number of methoxy groups -OCH3 is 2. The van der Waals surface area contributed by atoms with Gasteiger partial charge in [0.2, 0.25) is 5.90 Å². The van der Waals surface area contributed by atoms with Crippen LogP contribution >= 0.6 is 15.9 Å². The Bertz CT molecular complexity index is 858. The highest BCUT2D eigenvalue weighted by Crippen LogP contribution is 2.33. The second-order valence-electron chi connectivity index (χ2n) is 4.93. The normalized spacial score (nSPS) is 15.2. The average molecular weight is 388 g/mol. The van der Waals surface area contributed by atoms with Gasteiger partial charge in [-0.25, -0.2) is 9.79 Å². The van der Waals surface area contributed by atoms with E-state index < -0.39 is 5.97 Å². The smallest absolute Gasteiger partial charge is 0.363 e. The van der Waals surface area contributed by atoms with E-state index in [4.69, 9.17) is 14.2 Å². The number of hydrogen-bond acceptors (Lipinski definition) is 5. The molecular weight excluding hydrogens is 374 g/mol. The Kier molecular flexibility index (Phi) is 4.66. The first-order valence-electron chi connectivity index (χ1n) is 7.12. The number of aliphatic imine (C=N–C) groups is 1. The standard InChI is InChI=1S/C18H14BrNO4/c1-22-15-8-4-5-11(16(15)23-2)10-14-18(21)24-17(20-14)12-6-3-7-13(19)9-12/h3-10H,1-2H3/b14-10-. The number of para-hydroxylation sites is 1. The van der Waals surface area contributed by atoms with Gasteiger partial charge in [-0.2, -0.15) is 0 Å². The molecule has 0 fully saturated rings. The minimum absolute atomic E-state index is 0.205. The number of carbonyl (C=O) groups is 1. The quantitative estimate of drug-likeness (QED) is 0.591. The van der Waals surface area contributed by atoms with Gasteiger partial charge in [-0.3, -0.25) is 0 Å². The molecule has 0 spiro atoms. The van der Waals surface area contributed by atoms with Crippen molar-refractivity contribution >= 4 is 33.9 Å². The van der Waals surface area contributed by atoms with E-state index in [2.05, 4.69) is 20.9 Å². The number of rotatable bonds is 4. The molecule has 0 amide bonds. The molecule has 0 aromatic heterocycles. The molecule has 2 aromatic rings. The van der Waals surface area contributed by atoms with Crippen molar-refractivity contribution in [1.82, 2.24) is 0 Å². The van der Waals surface area contributed by atoms with Crippen LogP contribution in [-0.2, 0) is 9.53 Å². The lowest BCUT2D eigenvalue weighted by atomic mass is 10.1. The summed E-state index contributed by atoms with van der Waals surface area (Å²) in [5, 5.41) is 0. The lowest BCUT2D eigenvalue weighted by molar-refractivity contribution is -0.129. The molecule has 1 aliphatic heterocycles. The number of benzene rings is 2. The van der Waals surface area contributed by atoms with Gasteiger partial charge in [0.25, 0.3) is 0 Å². The Morgan fingerprint density at radius 1 is 1.12 bits per heavy atom. The molecule has 0 saturated carbocycles. The Labute approximate surface area is 147 Å². The topological polar surface area (TPSA) is 57.1 Å². The highest BCUT2D eigenvalue weighted by molar-refractivity contribution is 9.10. The van der Waals surface area contributed by atoms with Crippen molar-refractivity contribution in [2.24, 2.45) is 4.99 Å². The number of ether oxygens (including phenoxy) is 3. The molecule has 0 N–H and O–H groups in total. The Hall–Kier alpha value is -2.60. The Morgan fingerprint density at radius 3 is 2.62 bits per heavy atom. The predicted octanol–water partition coefficient (Wildman–Crippen LogP) is 3.81. The summed E-state index contributed by atoms with van der Waals surface area (Å²) in [7, 11) is 3.10. The van der Waals surface area contributed by atoms with Crippen molar-refractivity contribution in [2.75, 3.05) is 14.2 Å². The summed E-state index contributed by atoms with van der Waals surface area (Å²) in [5.74, 6) is 0.880. The van der Waals surface area contributed by atoms with Crippen LogP contribution in [-0.4, -0.2) is 26.1 Å². The molecule has 1 heterocycles. The van der Waals surface area contributed by atoms with Gasteiger partial charge < -0.3 is 14.2 Å². The first-order valence-corrected chi connectivity index (χ1v) is 7.91. The van der Waals surface area contributed by atoms with Crippen molar-refractivity contribution in [3.63, 3.8) is 0 Å².